The van der Waals surface area contributed by atoms with E-state index < -0.39 is 0 Å². The Hall–Kier alpha value is -0.820. The number of nitrogens with one attached hydrogen (secondary N) is 1. The van der Waals surface area contributed by atoms with Crippen LogP contribution in [0.5, 0.6) is 0 Å². The van der Waals surface area contributed by atoms with Crippen LogP contribution in [0.15, 0.2) is 30.3 Å². The highest BCUT2D eigenvalue weighted by atomic mass is 14.9. The molecule has 0 aliphatic carbocycles. The Labute approximate surface area is 101 Å². The van der Waals surface area contributed by atoms with Gasteiger partial charge >= 0.3 is 0 Å². The van der Waals surface area contributed by atoms with E-state index in [2.05, 4.69) is 49.5 Å². The van der Waals surface area contributed by atoms with Gasteiger partial charge in [0.2, 0.25) is 0 Å². The van der Waals surface area contributed by atoms with Crippen LogP contribution in [0.4, 0.5) is 0 Å². The standard InChI is InChI=1S/C13H21N.C2H6/c1-3-4-8-11-14-12(2)13-9-6-5-7-10-13;1-2/h5-7,9-10,12,14H,3-4,8,11H2,1-2H3;1-2H3. The lowest BCUT2D eigenvalue weighted by Gasteiger charge is -2.13. The van der Waals surface area contributed by atoms with Crippen LogP contribution in [0.1, 0.15) is 58.6 Å². The molecule has 0 spiro atoms. The molecule has 1 atom stereocenters. The van der Waals surface area contributed by atoms with E-state index in [1.807, 2.05) is 13.8 Å². The van der Waals surface area contributed by atoms with E-state index in [1.54, 1.807) is 0 Å². The Balaban J connectivity index is 0.00000106. The van der Waals surface area contributed by atoms with Crippen LogP contribution in [0, 0.1) is 0 Å². The normalized spacial score (nSPS) is 11.5. The Bertz CT molecular complexity index is 230. The molecule has 1 unspecified atom stereocenters. The summed E-state index contributed by atoms with van der Waals surface area (Å²) in [4.78, 5) is 0. The first-order valence-electron chi connectivity index (χ1n) is 6.63. The molecule has 1 aromatic carbocycles. The summed E-state index contributed by atoms with van der Waals surface area (Å²) in [5.41, 5.74) is 1.38. The molecule has 1 heteroatoms. The Morgan fingerprint density at radius 1 is 1.06 bits per heavy atom. The van der Waals surface area contributed by atoms with E-state index in [1.165, 1.54) is 24.8 Å². The lowest BCUT2D eigenvalue weighted by molar-refractivity contribution is 0.544. The molecule has 0 amide bonds. The van der Waals surface area contributed by atoms with Crippen LogP contribution in [0.3, 0.4) is 0 Å². The second-order valence-electron chi connectivity index (χ2n) is 3.79. The van der Waals surface area contributed by atoms with Gasteiger partial charge in [0.25, 0.3) is 0 Å². The number of hydrogen-bond donors (Lipinski definition) is 1. The van der Waals surface area contributed by atoms with Crippen molar-refractivity contribution in [1.82, 2.24) is 5.32 Å². The number of rotatable bonds is 6. The molecule has 16 heavy (non-hydrogen) atoms. The summed E-state index contributed by atoms with van der Waals surface area (Å²) in [6.07, 6.45) is 3.91. The molecular formula is C15H27N. The van der Waals surface area contributed by atoms with E-state index in [0.29, 0.717) is 6.04 Å². The molecule has 0 radical (unpaired) electrons. The average Bonchev–Trinajstić information content (AvgIpc) is 2.38. The molecule has 92 valence electrons. The first kappa shape index (κ1) is 15.2. The third-order valence-electron chi connectivity index (χ3n) is 2.53. The maximum atomic E-state index is 3.53. The zero-order chi connectivity index (χ0) is 12.2. The average molecular weight is 221 g/mol. The van der Waals surface area contributed by atoms with Gasteiger partial charge in [-0.2, -0.15) is 0 Å². The Kier molecular flexibility index (Phi) is 10.1. The van der Waals surface area contributed by atoms with Gasteiger partial charge in [-0.1, -0.05) is 63.9 Å². The summed E-state index contributed by atoms with van der Waals surface area (Å²) < 4.78 is 0. The molecule has 1 nitrogen and oxygen atoms in total. The second-order valence-corrected chi connectivity index (χ2v) is 3.79. The monoisotopic (exact) mass is 221 g/mol. The van der Waals surface area contributed by atoms with E-state index in [9.17, 15) is 0 Å². The molecule has 0 saturated carbocycles. The molecular weight excluding hydrogens is 194 g/mol. The van der Waals surface area contributed by atoms with Crippen molar-refractivity contribution in [3.63, 3.8) is 0 Å². The number of benzene rings is 1. The molecule has 0 aliphatic heterocycles. The fraction of sp³-hybridized carbons (Fsp3) is 0.600. The summed E-state index contributed by atoms with van der Waals surface area (Å²) in [6.45, 7) is 9.59. The molecule has 0 saturated heterocycles. The first-order valence-corrected chi connectivity index (χ1v) is 6.63. The summed E-state index contributed by atoms with van der Waals surface area (Å²) in [7, 11) is 0. The van der Waals surface area contributed by atoms with Crippen molar-refractivity contribution in [2.45, 2.75) is 53.0 Å². The van der Waals surface area contributed by atoms with Crippen LogP contribution >= 0.6 is 0 Å². The summed E-state index contributed by atoms with van der Waals surface area (Å²) in [6, 6.07) is 11.1. The van der Waals surface area contributed by atoms with Gasteiger partial charge in [-0.15, -0.1) is 0 Å². The maximum Gasteiger partial charge on any atom is 0.0291 e. The van der Waals surface area contributed by atoms with Crippen molar-refractivity contribution in [2.24, 2.45) is 0 Å². The van der Waals surface area contributed by atoms with Crippen LogP contribution in [-0.2, 0) is 0 Å². The van der Waals surface area contributed by atoms with Crippen molar-refractivity contribution < 1.29 is 0 Å². The molecule has 0 bridgehead atoms. The minimum absolute atomic E-state index is 0.480. The predicted octanol–water partition coefficient (Wildman–Crippen LogP) is 4.55. The van der Waals surface area contributed by atoms with E-state index in [4.69, 9.17) is 0 Å². The molecule has 1 aromatic rings. The largest absolute Gasteiger partial charge is 0.310 e. The SMILES string of the molecule is CC.CCCCCNC(C)c1ccccc1. The van der Waals surface area contributed by atoms with Gasteiger partial charge in [0.05, 0.1) is 0 Å². The lowest BCUT2D eigenvalue weighted by Crippen LogP contribution is -2.19. The van der Waals surface area contributed by atoms with Crippen molar-refractivity contribution in [1.29, 1.82) is 0 Å². The fourth-order valence-electron chi connectivity index (χ4n) is 1.55. The highest BCUT2D eigenvalue weighted by Gasteiger charge is 2.01. The third kappa shape index (κ3) is 6.62. The van der Waals surface area contributed by atoms with Gasteiger partial charge in [-0.3, -0.25) is 0 Å². The van der Waals surface area contributed by atoms with Crippen LogP contribution in [0.25, 0.3) is 0 Å². The zero-order valence-electron chi connectivity index (χ0n) is 11.3. The van der Waals surface area contributed by atoms with Crippen molar-refractivity contribution in [3.05, 3.63) is 35.9 Å². The third-order valence-corrected chi connectivity index (χ3v) is 2.53. The zero-order valence-corrected chi connectivity index (χ0v) is 11.3. The minimum atomic E-state index is 0.480. The summed E-state index contributed by atoms with van der Waals surface area (Å²) in [5, 5.41) is 3.53. The van der Waals surface area contributed by atoms with Crippen LogP contribution < -0.4 is 5.32 Å². The van der Waals surface area contributed by atoms with Crippen molar-refractivity contribution in [3.8, 4) is 0 Å². The smallest absolute Gasteiger partial charge is 0.0291 e. The predicted molar refractivity (Wildman–Crippen MR) is 73.7 cm³/mol. The fourth-order valence-corrected chi connectivity index (χ4v) is 1.55. The highest BCUT2D eigenvalue weighted by Crippen LogP contribution is 2.10. The number of unbranched alkanes of at least 4 members (excludes halogenated alkanes) is 2. The van der Waals surface area contributed by atoms with E-state index in [-0.39, 0.29) is 0 Å². The van der Waals surface area contributed by atoms with Crippen LogP contribution in [0.2, 0.25) is 0 Å². The summed E-state index contributed by atoms with van der Waals surface area (Å²) >= 11 is 0. The van der Waals surface area contributed by atoms with Gasteiger partial charge in [-0.25, -0.2) is 0 Å². The quantitative estimate of drug-likeness (QED) is 0.695. The van der Waals surface area contributed by atoms with Crippen molar-refractivity contribution in [2.75, 3.05) is 6.54 Å². The van der Waals surface area contributed by atoms with Gasteiger partial charge in [0.1, 0.15) is 0 Å². The summed E-state index contributed by atoms with van der Waals surface area (Å²) in [5.74, 6) is 0. The molecule has 0 heterocycles. The van der Waals surface area contributed by atoms with E-state index >= 15 is 0 Å². The number of hydrogen-bond acceptors (Lipinski definition) is 1. The molecule has 1 N–H and O–H groups in total. The maximum absolute atomic E-state index is 3.53. The molecule has 0 aromatic heterocycles. The molecule has 0 fully saturated rings. The topological polar surface area (TPSA) is 12.0 Å². The van der Waals surface area contributed by atoms with Gasteiger partial charge in [-0.05, 0) is 25.5 Å². The van der Waals surface area contributed by atoms with Gasteiger partial charge in [0, 0.05) is 6.04 Å². The first-order chi connectivity index (χ1) is 7.84. The van der Waals surface area contributed by atoms with Gasteiger partial charge < -0.3 is 5.32 Å². The van der Waals surface area contributed by atoms with Crippen molar-refractivity contribution >= 4 is 0 Å². The Morgan fingerprint density at radius 2 is 1.69 bits per heavy atom. The minimum Gasteiger partial charge on any atom is -0.310 e. The Morgan fingerprint density at radius 3 is 2.25 bits per heavy atom. The van der Waals surface area contributed by atoms with E-state index in [0.717, 1.165) is 6.54 Å². The van der Waals surface area contributed by atoms with Gasteiger partial charge in [0.15, 0.2) is 0 Å². The van der Waals surface area contributed by atoms with Crippen LogP contribution in [-0.4, -0.2) is 6.54 Å². The lowest BCUT2D eigenvalue weighted by atomic mass is 10.1. The molecule has 0 aliphatic rings. The highest BCUT2D eigenvalue weighted by molar-refractivity contribution is 5.17. The molecule has 1 rings (SSSR count). The second kappa shape index (κ2) is 10.7.